The van der Waals surface area contributed by atoms with E-state index >= 15 is 0 Å². The van der Waals surface area contributed by atoms with Gasteiger partial charge in [0.1, 0.15) is 6.54 Å². The second-order valence-corrected chi connectivity index (χ2v) is 5.84. The molecule has 0 aliphatic rings. The van der Waals surface area contributed by atoms with Gasteiger partial charge in [-0.15, -0.1) is 24.0 Å². The predicted molar refractivity (Wildman–Crippen MR) is 115 cm³/mol. The monoisotopic (exact) mass is 483 g/mol. The molecule has 26 heavy (non-hydrogen) atoms. The van der Waals surface area contributed by atoms with E-state index in [1.807, 2.05) is 30.3 Å². The SMILES string of the molecule is CCc1cccc(NC(N)=NCc2nc(-c3cccc(Cl)c3)no2)c1.I. The minimum Gasteiger partial charge on any atom is -0.370 e. The number of aliphatic imine (C=N–C) groups is 1. The van der Waals surface area contributed by atoms with Crippen molar-refractivity contribution >= 4 is 47.2 Å². The van der Waals surface area contributed by atoms with Crippen molar-refractivity contribution in [2.75, 3.05) is 5.32 Å². The fourth-order valence-electron chi connectivity index (χ4n) is 2.27. The van der Waals surface area contributed by atoms with Crippen molar-refractivity contribution in [3.63, 3.8) is 0 Å². The summed E-state index contributed by atoms with van der Waals surface area (Å²) in [6.07, 6.45) is 0.959. The van der Waals surface area contributed by atoms with E-state index in [-0.39, 0.29) is 36.5 Å². The number of nitrogens with zero attached hydrogens (tertiary/aromatic N) is 3. The molecule has 8 heteroatoms. The second kappa shape index (κ2) is 9.54. The van der Waals surface area contributed by atoms with Crippen LogP contribution in [-0.2, 0) is 13.0 Å². The average Bonchev–Trinajstić information content (AvgIpc) is 3.09. The molecule has 0 radical (unpaired) electrons. The van der Waals surface area contributed by atoms with Crippen LogP contribution in [0, 0.1) is 0 Å². The molecule has 0 saturated carbocycles. The Labute approximate surface area is 173 Å². The van der Waals surface area contributed by atoms with Gasteiger partial charge in [0.15, 0.2) is 5.96 Å². The fraction of sp³-hybridized carbons (Fsp3) is 0.167. The van der Waals surface area contributed by atoms with E-state index in [1.165, 1.54) is 5.56 Å². The van der Waals surface area contributed by atoms with Gasteiger partial charge in [0, 0.05) is 16.3 Å². The molecule has 6 nitrogen and oxygen atoms in total. The topological polar surface area (TPSA) is 89.3 Å². The minimum absolute atomic E-state index is 0. The van der Waals surface area contributed by atoms with Crippen molar-refractivity contribution in [1.82, 2.24) is 10.1 Å². The number of anilines is 1. The lowest BCUT2D eigenvalue weighted by atomic mass is 10.1. The Kier molecular flexibility index (Phi) is 7.40. The normalized spacial score (nSPS) is 11.1. The van der Waals surface area contributed by atoms with E-state index in [1.54, 1.807) is 12.1 Å². The number of guanidine groups is 1. The average molecular weight is 484 g/mol. The predicted octanol–water partition coefficient (Wildman–Crippen LogP) is 4.50. The number of nitrogens with two attached hydrogens (primary N) is 1. The van der Waals surface area contributed by atoms with Crippen molar-refractivity contribution in [2.24, 2.45) is 10.7 Å². The number of aryl methyl sites for hydroxylation is 1. The van der Waals surface area contributed by atoms with Gasteiger partial charge in [-0.1, -0.05) is 47.9 Å². The Hall–Kier alpha value is -2.13. The summed E-state index contributed by atoms with van der Waals surface area (Å²) in [7, 11) is 0. The first-order valence-electron chi connectivity index (χ1n) is 7.88. The molecule has 1 heterocycles. The third-order valence-electron chi connectivity index (χ3n) is 3.54. The van der Waals surface area contributed by atoms with Crippen LogP contribution in [0.1, 0.15) is 18.4 Å². The molecule has 0 aliphatic carbocycles. The molecule has 2 aromatic carbocycles. The zero-order valence-electron chi connectivity index (χ0n) is 14.1. The molecule has 0 bridgehead atoms. The van der Waals surface area contributed by atoms with Crippen LogP contribution in [0.25, 0.3) is 11.4 Å². The highest BCUT2D eigenvalue weighted by Crippen LogP contribution is 2.20. The maximum absolute atomic E-state index is 5.97. The Bertz CT molecular complexity index is 897. The second-order valence-electron chi connectivity index (χ2n) is 5.40. The molecule has 0 amide bonds. The summed E-state index contributed by atoms with van der Waals surface area (Å²) in [6.45, 7) is 2.30. The minimum atomic E-state index is 0. The number of hydrogen-bond acceptors (Lipinski definition) is 4. The van der Waals surface area contributed by atoms with Crippen LogP contribution in [0.3, 0.4) is 0 Å². The highest BCUT2D eigenvalue weighted by Gasteiger charge is 2.08. The Morgan fingerprint density at radius 2 is 2.04 bits per heavy atom. The molecule has 3 rings (SSSR count). The van der Waals surface area contributed by atoms with Crippen LogP contribution in [0.4, 0.5) is 5.69 Å². The molecule has 0 spiro atoms. The van der Waals surface area contributed by atoms with Crippen molar-refractivity contribution in [3.05, 3.63) is 65.0 Å². The van der Waals surface area contributed by atoms with Crippen LogP contribution >= 0.6 is 35.6 Å². The van der Waals surface area contributed by atoms with Gasteiger partial charge in [-0.2, -0.15) is 4.98 Å². The van der Waals surface area contributed by atoms with Gasteiger partial charge in [-0.25, -0.2) is 4.99 Å². The number of halogens is 2. The number of benzene rings is 2. The van der Waals surface area contributed by atoms with Crippen LogP contribution in [-0.4, -0.2) is 16.1 Å². The molecule has 3 aromatic rings. The van der Waals surface area contributed by atoms with E-state index in [4.69, 9.17) is 21.9 Å². The molecular formula is C18H19ClIN5O. The quantitative estimate of drug-likeness (QED) is 0.317. The lowest BCUT2D eigenvalue weighted by Crippen LogP contribution is -2.22. The van der Waals surface area contributed by atoms with Crippen LogP contribution in [0.5, 0.6) is 0 Å². The summed E-state index contributed by atoms with van der Waals surface area (Å²) in [5.41, 5.74) is 8.82. The lowest BCUT2D eigenvalue weighted by molar-refractivity contribution is 0.381. The maximum atomic E-state index is 5.97. The van der Waals surface area contributed by atoms with Gasteiger partial charge in [0.2, 0.25) is 11.7 Å². The van der Waals surface area contributed by atoms with Gasteiger partial charge in [0.05, 0.1) is 0 Å². The third kappa shape index (κ3) is 5.43. The van der Waals surface area contributed by atoms with Gasteiger partial charge in [-0.05, 0) is 36.2 Å². The summed E-state index contributed by atoms with van der Waals surface area (Å²) < 4.78 is 5.20. The van der Waals surface area contributed by atoms with Crippen LogP contribution in [0.15, 0.2) is 58.0 Å². The molecule has 0 saturated heterocycles. The number of aromatic nitrogens is 2. The Balaban J connectivity index is 0.00000243. The molecule has 0 aliphatic heterocycles. The summed E-state index contributed by atoms with van der Waals surface area (Å²) in [6, 6.07) is 15.3. The summed E-state index contributed by atoms with van der Waals surface area (Å²) >= 11 is 5.97. The first-order chi connectivity index (χ1) is 12.1. The van der Waals surface area contributed by atoms with E-state index < -0.39 is 0 Å². The van der Waals surface area contributed by atoms with Crippen molar-refractivity contribution < 1.29 is 4.52 Å². The van der Waals surface area contributed by atoms with Gasteiger partial charge in [-0.3, -0.25) is 0 Å². The van der Waals surface area contributed by atoms with Gasteiger partial charge >= 0.3 is 0 Å². The Morgan fingerprint density at radius 3 is 2.81 bits per heavy atom. The number of rotatable bonds is 5. The number of nitrogens with one attached hydrogen (secondary N) is 1. The summed E-state index contributed by atoms with van der Waals surface area (Å²) in [5.74, 6) is 1.13. The first kappa shape index (κ1) is 20.2. The summed E-state index contributed by atoms with van der Waals surface area (Å²) in [5, 5.41) is 7.61. The molecule has 1 aromatic heterocycles. The lowest BCUT2D eigenvalue weighted by Gasteiger charge is -2.06. The maximum Gasteiger partial charge on any atom is 0.248 e. The highest BCUT2D eigenvalue weighted by molar-refractivity contribution is 14.0. The largest absolute Gasteiger partial charge is 0.370 e. The molecule has 136 valence electrons. The van der Waals surface area contributed by atoms with E-state index in [0.29, 0.717) is 16.7 Å². The zero-order chi connectivity index (χ0) is 17.6. The first-order valence-corrected chi connectivity index (χ1v) is 8.26. The fourth-order valence-corrected chi connectivity index (χ4v) is 2.46. The van der Waals surface area contributed by atoms with Crippen molar-refractivity contribution in [1.29, 1.82) is 0 Å². The van der Waals surface area contributed by atoms with Crippen molar-refractivity contribution in [2.45, 2.75) is 19.9 Å². The highest BCUT2D eigenvalue weighted by atomic mass is 127. The van der Waals surface area contributed by atoms with Crippen molar-refractivity contribution in [3.8, 4) is 11.4 Å². The summed E-state index contributed by atoms with van der Waals surface area (Å²) in [4.78, 5) is 8.53. The van der Waals surface area contributed by atoms with Crippen LogP contribution in [0.2, 0.25) is 5.02 Å². The van der Waals surface area contributed by atoms with Gasteiger partial charge in [0.25, 0.3) is 0 Å². The van der Waals surface area contributed by atoms with Crippen LogP contribution < -0.4 is 11.1 Å². The Morgan fingerprint density at radius 1 is 1.23 bits per heavy atom. The molecule has 0 fully saturated rings. The zero-order valence-corrected chi connectivity index (χ0v) is 17.2. The number of hydrogen-bond donors (Lipinski definition) is 2. The molecule has 3 N–H and O–H groups in total. The molecule has 0 atom stereocenters. The standard InChI is InChI=1S/C18H18ClN5O.HI/c1-2-12-5-3-8-15(9-12)22-18(20)21-11-16-23-17(24-25-16)13-6-4-7-14(19)10-13;/h3-10H,2,11H2,1H3,(H3,20,21,22);1H. The smallest absolute Gasteiger partial charge is 0.248 e. The van der Waals surface area contributed by atoms with E-state index in [9.17, 15) is 0 Å². The third-order valence-corrected chi connectivity index (χ3v) is 3.78. The molecule has 0 unspecified atom stereocenters. The van der Waals surface area contributed by atoms with E-state index in [2.05, 4.69) is 33.4 Å². The van der Waals surface area contributed by atoms with Gasteiger partial charge < -0.3 is 15.6 Å². The molecular weight excluding hydrogens is 465 g/mol. The van der Waals surface area contributed by atoms with E-state index in [0.717, 1.165) is 17.7 Å².